The number of nitrogens with one attached hydrogen (secondary N) is 1. The van der Waals surface area contributed by atoms with Gasteiger partial charge in [0.15, 0.2) is 0 Å². The van der Waals surface area contributed by atoms with E-state index in [1.54, 1.807) is 6.20 Å². The second-order valence-electron chi connectivity index (χ2n) is 7.34. The number of aromatic nitrogens is 1. The van der Waals surface area contributed by atoms with E-state index in [9.17, 15) is 9.59 Å². The first-order chi connectivity index (χ1) is 12.7. The van der Waals surface area contributed by atoms with Gasteiger partial charge in [-0.05, 0) is 44.4 Å². The SMILES string of the molecule is CCC(=O)N1CCC(N2CCC[C@@H](C(=O)NCc3ccccn3)C2)CC1. The molecule has 26 heavy (non-hydrogen) atoms. The van der Waals surface area contributed by atoms with Gasteiger partial charge in [-0.2, -0.15) is 0 Å². The number of rotatable bonds is 5. The van der Waals surface area contributed by atoms with Gasteiger partial charge in [-0.15, -0.1) is 0 Å². The van der Waals surface area contributed by atoms with Gasteiger partial charge in [-0.25, -0.2) is 0 Å². The number of piperidine rings is 2. The summed E-state index contributed by atoms with van der Waals surface area (Å²) in [7, 11) is 0. The van der Waals surface area contributed by atoms with Crippen molar-refractivity contribution in [1.82, 2.24) is 20.1 Å². The van der Waals surface area contributed by atoms with Crippen LogP contribution in [-0.4, -0.2) is 58.8 Å². The minimum absolute atomic E-state index is 0.0581. The van der Waals surface area contributed by atoms with Gasteiger partial charge < -0.3 is 10.2 Å². The van der Waals surface area contributed by atoms with E-state index >= 15 is 0 Å². The Balaban J connectivity index is 1.46. The summed E-state index contributed by atoms with van der Waals surface area (Å²) in [5.41, 5.74) is 0.890. The Morgan fingerprint density at radius 1 is 1.19 bits per heavy atom. The molecule has 0 aromatic carbocycles. The molecule has 0 bridgehead atoms. The fourth-order valence-electron chi connectivity index (χ4n) is 4.08. The van der Waals surface area contributed by atoms with Crippen LogP contribution < -0.4 is 5.32 Å². The van der Waals surface area contributed by atoms with Crippen LogP contribution in [0.2, 0.25) is 0 Å². The van der Waals surface area contributed by atoms with Crippen LogP contribution in [0.25, 0.3) is 0 Å². The quantitative estimate of drug-likeness (QED) is 0.872. The van der Waals surface area contributed by atoms with E-state index in [2.05, 4.69) is 15.2 Å². The van der Waals surface area contributed by atoms with Crippen molar-refractivity contribution >= 4 is 11.8 Å². The third-order valence-corrected chi connectivity index (χ3v) is 5.63. The third kappa shape index (κ3) is 4.81. The predicted octanol–water partition coefficient (Wildman–Crippen LogP) is 1.81. The summed E-state index contributed by atoms with van der Waals surface area (Å²) in [5.74, 6) is 0.454. The molecule has 2 saturated heterocycles. The number of hydrogen-bond donors (Lipinski definition) is 1. The highest BCUT2D eigenvalue weighted by Crippen LogP contribution is 2.24. The molecule has 2 fully saturated rings. The van der Waals surface area contributed by atoms with Crippen LogP contribution in [-0.2, 0) is 16.1 Å². The number of hydrogen-bond acceptors (Lipinski definition) is 4. The molecular formula is C20H30N4O2. The highest BCUT2D eigenvalue weighted by Gasteiger charge is 2.32. The van der Waals surface area contributed by atoms with Gasteiger partial charge in [0.1, 0.15) is 0 Å². The summed E-state index contributed by atoms with van der Waals surface area (Å²) >= 11 is 0. The molecule has 6 heteroatoms. The van der Waals surface area contributed by atoms with Gasteiger partial charge in [-0.3, -0.25) is 19.5 Å². The second-order valence-corrected chi connectivity index (χ2v) is 7.34. The lowest BCUT2D eigenvalue weighted by molar-refractivity contribution is -0.132. The van der Waals surface area contributed by atoms with E-state index in [1.165, 1.54) is 0 Å². The number of carbonyl (C=O) groups excluding carboxylic acids is 2. The van der Waals surface area contributed by atoms with Crippen LogP contribution in [0.5, 0.6) is 0 Å². The Morgan fingerprint density at radius 2 is 2.00 bits per heavy atom. The second kappa shape index (κ2) is 9.12. The van der Waals surface area contributed by atoms with Crippen LogP contribution in [0, 0.1) is 5.92 Å². The van der Waals surface area contributed by atoms with E-state index in [4.69, 9.17) is 0 Å². The van der Waals surface area contributed by atoms with Crippen molar-refractivity contribution < 1.29 is 9.59 Å². The van der Waals surface area contributed by atoms with Crippen molar-refractivity contribution in [1.29, 1.82) is 0 Å². The average Bonchev–Trinajstić information content (AvgIpc) is 2.72. The predicted molar refractivity (Wildman–Crippen MR) is 100 cm³/mol. The van der Waals surface area contributed by atoms with Crippen molar-refractivity contribution in [2.75, 3.05) is 26.2 Å². The van der Waals surface area contributed by atoms with Gasteiger partial charge >= 0.3 is 0 Å². The number of amides is 2. The number of likely N-dealkylation sites (tertiary alicyclic amines) is 2. The largest absolute Gasteiger partial charge is 0.350 e. The van der Waals surface area contributed by atoms with Crippen LogP contribution in [0.1, 0.15) is 44.7 Å². The standard InChI is InChI=1S/C20H30N4O2/c1-2-19(25)23-12-8-18(9-13-23)24-11-5-6-16(15-24)20(26)22-14-17-7-3-4-10-21-17/h3-4,7,10,16,18H,2,5-6,8-9,11-15H2,1H3,(H,22,26)/t16-/m1/s1. The van der Waals surface area contributed by atoms with Gasteiger partial charge in [0.05, 0.1) is 18.2 Å². The summed E-state index contributed by atoms with van der Waals surface area (Å²) < 4.78 is 0. The number of pyridine rings is 1. The Hall–Kier alpha value is -1.95. The summed E-state index contributed by atoms with van der Waals surface area (Å²) in [6.45, 7) is 6.02. The topological polar surface area (TPSA) is 65.5 Å². The molecule has 0 radical (unpaired) electrons. The zero-order chi connectivity index (χ0) is 18.4. The first-order valence-corrected chi connectivity index (χ1v) is 9.86. The molecule has 0 aliphatic carbocycles. The highest BCUT2D eigenvalue weighted by molar-refractivity contribution is 5.79. The van der Waals surface area contributed by atoms with E-state index < -0.39 is 0 Å². The molecule has 1 aromatic heterocycles. The van der Waals surface area contributed by atoms with Crippen LogP contribution in [0.3, 0.4) is 0 Å². The smallest absolute Gasteiger partial charge is 0.224 e. The van der Waals surface area contributed by atoms with Crippen LogP contribution in [0.4, 0.5) is 0 Å². The molecule has 6 nitrogen and oxygen atoms in total. The lowest BCUT2D eigenvalue weighted by Crippen LogP contribution is -2.51. The summed E-state index contributed by atoms with van der Waals surface area (Å²) in [6, 6.07) is 6.25. The Bertz CT molecular complexity index is 599. The monoisotopic (exact) mass is 358 g/mol. The average molecular weight is 358 g/mol. The molecule has 2 amide bonds. The Morgan fingerprint density at radius 3 is 2.69 bits per heavy atom. The third-order valence-electron chi connectivity index (χ3n) is 5.63. The van der Waals surface area contributed by atoms with Crippen molar-refractivity contribution in [3.05, 3.63) is 30.1 Å². The minimum Gasteiger partial charge on any atom is -0.350 e. The zero-order valence-electron chi connectivity index (χ0n) is 15.7. The summed E-state index contributed by atoms with van der Waals surface area (Å²) in [5, 5.41) is 3.04. The normalized spacial score (nSPS) is 22.2. The molecular weight excluding hydrogens is 328 g/mol. The summed E-state index contributed by atoms with van der Waals surface area (Å²) in [6.07, 6.45) is 6.40. The van der Waals surface area contributed by atoms with Gasteiger partial charge in [0.25, 0.3) is 0 Å². The molecule has 0 unspecified atom stereocenters. The molecule has 3 rings (SSSR count). The molecule has 3 heterocycles. The van der Waals surface area contributed by atoms with Crippen LogP contribution >= 0.6 is 0 Å². The molecule has 142 valence electrons. The first-order valence-electron chi connectivity index (χ1n) is 9.86. The van der Waals surface area contributed by atoms with E-state index in [-0.39, 0.29) is 17.7 Å². The molecule has 0 spiro atoms. The molecule has 2 aliphatic rings. The lowest BCUT2D eigenvalue weighted by atomic mass is 9.93. The van der Waals surface area contributed by atoms with E-state index in [1.807, 2.05) is 30.0 Å². The number of carbonyl (C=O) groups is 2. The highest BCUT2D eigenvalue weighted by atomic mass is 16.2. The fourth-order valence-corrected chi connectivity index (χ4v) is 4.08. The fraction of sp³-hybridized carbons (Fsp3) is 0.650. The van der Waals surface area contributed by atoms with Gasteiger partial charge in [0, 0.05) is 38.3 Å². The van der Waals surface area contributed by atoms with Crippen LogP contribution in [0.15, 0.2) is 24.4 Å². The Kier molecular flexibility index (Phi) is 6.61. The first kappa shape index (κ1) is 18.8. The lowest BCUT2D eigenvalue weighted by Gasteiger charge is -2.42. The van der Waals surface area contributed by atoms with Gasteiger partial charge in [0.2, 0.25) is 11.8 Å². The van der Waals surface area contributed by atoms with Crippen molar-refractivity contribution in [3.8, 4) is 0 Å². The van der Waals surface area contributed by atoms with E-state index in [0.29, 0.717) is 19.0 Å². The maximum absolute atomic E-state index is 12.6. The Labute approximate surface area is 156 Å². The molecule has 1 N–H and O–H groups in total. The summed E-state index contributed by atoms with van der Waals surface area (Å²) in [4.78, 5) is 33.1. The van der Waals surface area contributed by atoms with Crippen molar-refractivity contribution in [2.24, 2.45) is 5.92 Å². The molecule has 1 aromatic rings. The van der Waals surface area contributed by atoms with Crippen molar-refractivity contribution in [2.45, 2.75) is 51.6 Å². The maximum Gasteiger partial charge on any atom is 0.224 e. The zero-order valence-corrected chi connectivity index (χ0v) is 15.7. The number of nitrogens with zero attached hydrogens (tertiary/aromatic N) is 3. The van der Waals surface area contributed by atoms with E-state index in [0.717, 1.165) is 57.6 Å². The van der Waals surface area contributed by atoms with Gasteiger partial charge in [-0.1, -0.05) is 13.0 Å². The molecule has 1 atom stereocenters. The minimum atomic E-state index is 0.0581. The maximum atomic E-state index is 12.6. The molecule has 0 saturated carbocycles. The van der Waals surface area contributed by atoms with Crippen molar-refractivity contribution in [3.63, 3.8) is 0 Å². The molecule has 2 aliphatic heterocycles.